The zero-order chi connectivity index (χ0) is 23.4. The summed E-state index contributed by atoms with van der Waals surface area (Å²) >= 11 is 0. The summed E-state index contributed by atoms with van der Waals surface area (Å²) in [7, 11) is -3.59. The minimum atomic E-state index is -3.59. The van der Waals surface area contributed by atoms with Gasteiger partial charge in [-0.3, -0.25) is 4.79 Å². The Kier molecular flexibility index (Phi) is 7.16. The van der Waals surface area contributed by atoms with Gasteiger partial charge >= 0.3 is 0 Å². The van der Waals surface area contributed by atoms with E-state index in [4.69, 9.17) is 6.42 Å². The molecule has 33 heavy (non-hydrogen) atoms. The van der Waals surface area contributed by atoms with E-state index >= 15 is 0 Å². The molecule has 2 aromatic rings. The van der Waals surface area contributed by atoms with Crippen LogP contribution in [0.25, 0.3) is 0 Å². The molecule has 1 amide bonds. The van der Waals surface area contributed by atoms with E-state index in [0.717, 1.165) is 36.8 Å². The van der Waals surface area contributed by atoms with E-state index in [9.17, 15) is 17.6 Å². The van der Waals surface area contributed by atoms with Crippen LogP contribution in [-0.4, -0.2) is 43.2 Å². The Morgan fingerprint density at radius 3 is 2.39 bits per heavy atom. The summed E-state index contributed by atoms with van der Waals surface area (Å²) in [6, 6.07) is 11.5. The van der Waals surface area contributed by atoms with Gasteiger partial charge in [0.25, 0.3) is 0 Å². The van der Waals surface area contributed by atoms with Crippen LogP contribution < -0.4 is 0 Å². The monoisotopic (exact) mass is 468 g/mol. The van der Waals surface area contributed by atoms with Crippen LogP contribution in [-0.2, 0) is 34.2 Å². The highest BCUT2D eigenvalue weighted by Crippen LogP contribution is 2.29. The van der Waals surface area contributed by atoms with Gasteiger partial charge in [0.2, 0.25) is 15.9 Å². The smallest absolute Gasteiger partial charge is 0.243 e. The number of benzene rings is 2. The predicted octanol–water partition coefficient (Wildman–Crippen LogP) is 3.77. The van der Waals surface area contributed by atoms with E-state index in [1.807, 2.05) is 12.1 Å². The Morgan fingerprint density at radius 1 is 1.06 bits per heavy atom. The maximum atomic E-state index is 13.2. The van der Waals surface area contributed by atoms with Gasteiger partial charge in [-0.15, -0.1) is 6.42 Å². The van der Waals surface area contributed by atoms with Crippen LogP contribution in [0, 0.1) is 24.1 Å². The Balaban J connectivity index is 1.41. The van der Waals surface area contributed by atoms with E-state index in [0.29, 0.717) is 37.4 Å². The number of sulfonamides is 1. The standard InChI is InChI=1S/C26H29FN2O3S/c1-2-15-28(19-20-7-10-24(27)11-8-20)26(30)22-13-16-29(17-14-22)33(31,32)25-12-9-21-5-3-4-6-23(21)18-25/h1,7-12,18,22H,3-6,13-17,19H2. The van der Waals surface area contributed by atoms with Crippen molar-refractivity contribution in [1.82, 2.24) is 9.21 Å². The minimum Gasteiger partial charge on any atom is -0.327 e. The number of amides is 1. The average Bonchev–Trinajstić information content (AvgIpc) is 2.84. The summed E-state index contributed by atoms with van der Waals surface area (Å²) in [6.07, 6.45) is 10.6. The number of aryl methyl sites for hydroxylation is 2. The van der Waals surface area contributed by atoms with Gasteiger partial charge < -0.3 is 4.90 Å². The van der Waals surface area contributed by atoms with Crippen molar-refractivity contribution in [3.8, 4) is 12.3 Å². The zero-order valence-electron chi connectivity index (χ0n) is 18.7. The summed E-state index contributed by atoms with van der Waals surface area (Å²) in [5.74, 6) is 1.83. The van der Waals surface area contributed by atoms with Gasteiger partial charge in [-0.2, -0.15) is 4.31 Å². The van der Waals surface area contributed by atoms with Crippen molar-refractivity contribution >= 4 is 15.9 Å². The topological polar surface area (TPSA) is 57.7 Å². The lowest BCUT2D eigenvalue weighted by Crippen LogP contribution is -2.44. The first-order chi connectivity index (χ1) is 15.9. The van der Waals surface area contributed by atoms with Gasteiger partial charge in [0.05, 0.1) is 11.4 Å². The summed E-state index contributed by atoms with van der Waals surface area (Å²) in [6.45, 7) is 1.06. The fourth-order valence-corrected chi connectivity index (χ4v) is 6.27. The molecule has 0 bridgehead atoms. The van der Waals surface area contributed by atoms with Crippen molar-refractivity contribution in [3.63, 3.8) is 0 Å². The Labute approximate surface area is 195 Å². The third-order valence-electron chi connectivity index (χ3n) is 6.64. The molecule has 4 rings (SSSR count). The minimum absolute atomic E-state index is 0.0805. The van der Waals surface area contributed by atoms with Crippen LogP contribution in [0.4, 0.5) is 4.39 Å². The molecule has 0 saturated carbocycles. The molecule has 1 heterocycles. The van der Waals surface area contributed by atoms with Gasteiger partial charge in [-0.1, -0.05) is 24.1 Å². The maximum absolute atomic E-state index is 13.2. The molecule has 7 heteroatoms. The first-order valence-corrected chi connectivity index (χ1v) is 12.9. The quantitative estimate of drug-likeness (QED) is 0.607. The Hall–Kier alpha value is -2.69. The highest BCUT2D eigenvalue weighted by molar-refractivity contribution is 7.89. The van der Waals surface area contributed by atoms with Crippen LogP contribution >= 0.6 is 0 Å². The molecule has 5 nitrogen and oxygen atoms in total. The number of carbonyl (C=O) groups excluding carboxylic acids is 1. The number of nitrogens with zero attached hydrogens (tertiary/aromatic N) is 2. The third-order valence-corrected chi connectivity index (χ3v) is 8.54. The fourth-order valence-electron chi connectivity index (χ4n) is 4.75. The molecule has 1 aliphatic carbocycles. The number of fused-ring (bicyclic) bond motifs is 1. The van der Waals surface area contributed by atoms with Gasteiger partial charge in [0.15, 0.2) is 0 Å². The number of halogens is 1. The lowest BCUT2D eigenvalue weighted by Gasteiger charge is -2.33. The van der Waals surface area contributed by atoms with Gasteiger partial charge in [-0.05, 0) is 79.5 Å². The summed E-state index contributed by atoms with van der Waals surface area (Å²) < 4.78 is 41.1. The average molecular weight is 469 g/mol. The predicted molar refractivity (Wildman–Crippen MR) is 125 cm³/mol. The van der Waals surface area contributed by atoms with Crippen LogP contribution in [0.2, 0.25) is 0 Å². The fraction of sp³-hybridized carbons (Fsp3) is 0.423. The van der Waals surface area contributed by atoms with Crippen molar-refractivity contribution in [2.45, 2.75) is 50.0 Å². The van der Waals surface area contributed by atoms with E-state index in [-0.39, 0.29) is 24.2 Å². The van der Waals surface area contributed by atoms with Crippen molar-refractivity contribution in [2.75, 3.05) is 19.6 Å². The van der Waals surface area contributed by atoms with Crippen molar-refractivity contribution in [3.05, 3.63) is 65.0 Å². The molecule has 0 unspecified atom stereocenters. The van der Waals surface area contributed by atoms with Crippen LogP contribution in [0.1, 0.15) is 42.4 Å². The summed E-state index contributed by atoms with van der Waals surface area (Å²) in [5.41, 5.74) is 3.18. The molecule has 1 fully saturated rings. The van der Waals surface area contributed by atoms with Crippen LogP contribution in [0.3, 0.4) is 0 Å². The number of hydrogen-bond donors (Lipinski definition) is 0. The van der Waals surface area contributed by atoms with Crippen LogP contribution in [0.15, 0.2) is 47.4 Å². The molecule has 1 saturated heterocycles. The van der Waals surface area contributed by atoms with E-state index in [2.05, 4.69) is 5.92 Å². The lowest BCUT2D eigenvalue weighted by molar-refractivity contribution is -0.136. The molecule has 0 aromatic heterocycles. The lowest BCUT2D eigenvalue weighted by atomic mass is 9.92. The summed E-state index contributed by atoms with van der Waals surface area (Å²) in [5, 5.41) is 0. The second-order valence-corrected chi connectivity index (χ2v) is 10.8. The number of hydrogen-bond acceptors (Lipinski definition) is 3. The second kappa shape index (κ2) is 10.1. The third kappa shape index (κ3) is 5.29. The maximum Gasteiger partial charge on any atom is 0.243 e. The van der Waals surface area contributed by atoms with Gasteiger partial charge in [0.1, 0.15) is 5.82 Å². The molecule has 2 aromatic carbocycles. The van der Waals surface area contributed by atoms with Gasteiger partial charge in [-0.25, -0.2) is 12.8 Å². The zero-order valence-corrected chi connectivity index (χ0v) is 19.5. The molecule has 0 radical (unpaired) electrons. The second-order valence-electron chi connectivity index (χ2n) is 8.84. The number of carbonyl (C=O) groups is 1. The van der Waals surface area contributed by atoms with E-state index in [1.165, 1.54) is 22.0 Å². The first kappa shape index (κ1) is 23.5. The van der Waals surface area contributed by atoms with E-state index < -0.39 is 10.0 Å². The molecule has 0 atom stereocenters. The Bertz CT molecular complexity index is 1150. The molecule has 174 valence electrons. The molecule has 0 spiro atoms. The van der Waals surface area contributed by atoms with Crippen molar-refractivity contribution < 1.29 is 17.6 Å². The molecule has 1 aliphatic heterocycles. The number of rotatable bonds is 6. The molecular formula is C26H29FN2O3S. The SMILES string of the molecule is C#CCN(Cc1ccc(F)cc1)C(=O)C1CCN(S(=O)(=O)c2ccc3c(c2)CCCC3)CC1. The highest BCUT2D eigenvalue weighted by atomic mass is 32.2. The first-order valence-electron chi connectivity index (χ1n) is 11.5. The van der Waals surface area contributed by atoms with Gasteiger partial charge in [0, 0.05) is 25.6 Å². The summed E-state index contributed by atoms with van der Waals surface area (Å²) in [4.78, 5) is 15.1. The largest absolute Gasteiger partial charge is 0.327 e. The van der Waals surface area contributed by atoms with E-state index in [1.54, 1.807) is 23.1 Å². The van der Waals surface area contributed by atoms with Crippen molar-refractivity contribution in [2.24, 2.45) is 5.92 Å². The Morgan fingerprint density at radius 2 is 1.73 bits per heavy atom. The molecular weight excluding hydrogens is 439 g/mol. The normalized spacial score (nSPS) is 17.2. The van der Waals surface area contributed by atoms with Crippen molar-refractivity contribution in [1.29, 1.82) is 0 Å². The van der Waals surface area contributed by atoms with Crippen LogP contribution in [0.5, 0.6) is 0 Å². The molecule has 2 aliphatic rings. The highest BCUT2D eigenvalue weighted by Gasteiger charge is 2.34. The number of terminal acetylenes is 1. The molecule has 0 N–H and O–H groups in total. The number of piperidine rings is 1.